The van der Waals surface area contributed by atoms with Gasteiger partial charge in [-0.05, 0) is 30.3 Å². The van der Waals surface area contributed by atoms with Gasteiger partial charge in [0.05, 0.1) is 23.6 Å². The van der Waals surface area contributed by atoms with Crippen LogP contribution in [0.25, 0.3) is 0 Å². The molecule has 0 saturated carbocycles. The van der Waals surface area contributed by atoms with E-state index in [1.165, 1.54) is 30.3 Å². The molecular formula is C13H13NO5S. The van der Waals surface area contributed by atoms with Crippen molar-refractivity contribution in [1.29, 1.82) is 0 Å². The summed E-state index contributed by atoms with van der Waals surface area (Å²) in [6, 6.07) is 5.37. The average Bonchev–Trinajstić information content (AvgIpc) is 2.74. The zero-order valence-corrected chi connectivity index (χ0v) is 11.3. The van der Waals surface area contributed by atoms with Crippen LogP contribution < -0.4 is 0 Å². The SMILES string of the molecule is O=C1CC2O/C(=C/CS(=O)(=O)c3ccc(O)cc3)CN12. The first-order valence-electron chi connectivity index (χ1n) is 6.13. The van der Waals surface area contributed by atoms with Gasteiger partial charge in [-0.25, -0.2) is 8.42 Å². The smallest absolute Gasteiger partial charge is 0.231 e. The molecule has 6 nitrogen and oxygen atoms in total. The van der Waals surface area contributed by atoms with Gasteiger partial charge in [-0.3, -0.25) is 9.69 Å². The molecule has 106 valence electrons. The third-order valence-electron chi connectivity index (χ3n) is 3.36. The van der Waals surface area contributed by atoms with Gasteiger partial charge < -0.3 is 9.84 Å². The average molecular weight is 295 g/mol. The molecule has 0 aromatic heterocycles. The lowest BCUT2D eigenvalue weighted by Gasteiger charge is -2.30. The molecule has 20 heavy (non-hydrogen) atoms. The highest BCUT2D eigenvalue weighted by Gasteiger charge is 2.43. The molecule has 2 aliphatic heterocycles. The van der Waals surface area contributed by atoms with Crippen LogP contribution in [0.1, 0.15) is 6.42 Å². The maximum Gasteiger partial charge on any atom is 0.231 e. The summed E-state index contributed by atoms with van der Waals surface area (Å²) in [4.78, 5) is 12.9. The fourth-order valence-corrected chi connectivity index (χ4v) is 3.31. The molecular weight excluding hydrogens is 282 g/mol. The monoisotopic (exact) mass is 295 g/mol. The van der Waals surface area contributed by atoms with E-state index < -0.39 is 9.84 Å². The number of nitrogens with zero attached hydrogens (tertiary/aromatic N) is 1. The number of hydrogen-bond donors (Lipinski definition) is 1. The summed E-state index contributed by atoms with van der Waals surface area (Å²) in [5, 5.41) is 9.15. The van der Waals surface area contributed by atoms with E-state index in [9.17, 15) is 13.2 Å². The van der Waals surface area contributed by atoms with Gasteiger partial charge in [0.2, 0.25) is 5.91 Å². The van der Waals surface area contributed by atoms with E-state index in [2.05, 4.69) is 0 Å². The fraction of sp³-hybridized carbons (Fsp3) is 0.308. The summed E-state index contributed by atoms with van der Waals surface area (Å²) in [6.07, 6.45) is 1.64. The third kappa shape index (κ3) is 2.24. The number of fused-ring (bicyclic) bond motifs is 1. The van der Waals surface area contributed by atoms with E-state index in [1.807, 2.05) is 0 Å². The Morgan fingerprint density at radius 3 is 2.65 bits per heavy atom. The van der Waals surface area contributed by atoms with Gasteiger partial charge >= 0.3 is 0 Å². The summed E-state index contributed by atoms with van der Waals surface area (Å²) < 4.78 is 29.6. The Kier molecular flexibility index (Phi) is 2.93. The normalized spacial score (nSPS) is 23.4. The van der Waals surface area contributed by atoms with Crippen molar-refractivity contribution in [2.24, 2.45) is 0 Å². The number of hydrogen-bond acceptors (Lipinski definition) is 5. The molecule has 0 spiro atoms. The largest absolute Gasteiger partial charge is 0.508 e. The van der Waals surface area contributed by atoms with Crippen molar-refractivity contribution in [2.75, 3.05) is 12.3 Å². The molecule has 1 unspecified atom stereocenters. The molecule has 1 aromatic carbocycles. The van der Waals surface area contributed by atoms with E-state index in [0.717, 1.165) is 0 Å². The number of sulfone groups is 1. The van der Waals surface area contributed by atoms with Crippen LogP contribution in [-0.2, 0) is 19.4 Å². The molecule has 3 rings (SSSR count). The predicted octanol–water partition coefficient (Wildman–Crippen LogP) is 0.638. The quantitative estimate of drug-likeness (QED) is 0.827. The van der Waals surface area contributed by atoms with E-state index in [1.54, 1.807) is 4.90 Å². The highest BCUT2D eigenvalue weighted by molar-refractivity contribution is 7.91. The number of rotatable bonds is 3. The number of carbonyl (C=O) groups is 1. The molecule has 2 heterocycles. The Morgan fingerprint density at radius 2 is 2.05 bits per heavy atom. The first-order valence-corrected chi connectivity index (χ1v) is 7.78. The van der Waals surface area contributed by atoms with Crippen LogP contribution in [0, 0.1) is 0 Å². The van der Waals surface area contributed by atoms with Crippen LogP contribution in [0.15, 0.2) is 41.0 Å². The van der Waals surface area contributed by atoms with Gasteiger partial charge in [0.25, 0.3) is 0 Å². The number of benzene rings is 1. The Hall–Kier alpha value is -2.02. The van der Waals surface area contributed by atoms with E-state index >= 15 is 0 Å². The van der Waals surface area contributed by atoms with Crippen LogP contribution in [0.3, 0.4) is 0 Å². The second-order valence-electron chi connectivity index (χ2n) is 4.74. The van der Waals surface area contributed by atoms with Crippen molar-refractivity contribution in [3.05, 3.63) is 36.1 Å². The number of phenols is 1. The summed E-state index contributed by atoms with van der Waals surface area (Å²) in [7, 11) is -3.46. The summed E-state index contributed by atoms with van der Waals surface area (Å²) in [6.45, 7) is 0.342. The van der Waals surface area contributed by atoms with Crippen LogP contribution in [-0.4, -0.2) is 42.9 Å². The Morgan fingerprint density at radius 1 is 1.35 bits per heavy atom. The van der Waals surface area contributed by atoms with Crippen molar-refractivity contribution in [2.45, 2.75) is 17.5 Å². The maximum atomic E-state index is 12.1. The Labute approximate surface area is 116 Å². The standard InChI is InChI=1S/C13H13NO5S/c15-9-1-3-11(4-2-9)20(17,18)6-5-10-8-14-12(16)7-13(14)19-10/h1-5,13,15H,6-8H2/b10-5+. The zero-order chi connectivity index (χ0) is 14.3. The summed E-state index contributed by atoms with van der Waals surface area (Å²) in [5.41, 5.74) is 0. The number of aromatic hydroxyl groups is 1. The second-order valence-corrected chi connectivity index (χ2v) is 6.78. The van der Waals surface area contributed by atoms with E-state index in [4.69, 9.17) is 9.84 Å². The lowest BCUT2D eigenvalue weighted by atomic mass is 10.2. The summed E-state index contributed by atoms with van der Waals surface area (Å²) >= 11 is 0. The van der Waals surface area contributed by atoms with Crippen LogP contribution >= 0.6 is 0 Å². The van der Waals surface area contributed by atoms with E-state index in [-0.39, 0.29) is 28.5 Å². The molecule has 1 N–H and O–H groups in total. The van der Waals surface area contributed by atoms with Crippen LogP contribution in [0.4, 0.5) is 0 Å². The molecule has 1 atom stereocenters. The summed E-state index contributed by atoms with van der Waals surface area (Å²) in [5.74, 6) is 0.370. The molecule has 7 heteroatoms. The minimum atomic E-state index is -3.46. The fourth-order valence-electron chi connectivity index (χ4n) is 2.17. The topological polar surface area (TPSA) is 83.9 Å². The van der Waals surface area contributed by atoms with Crippen LogP contribution in [0.2, 0.25) is 0 Å². The highest BCUT2D eigenvalue weighted by atomic mass is 32.2. The Balaban J connectivity index is 1.71. The Bertz CT molecular complexity index is 677. The number of ether oxygens (including phenoxy) is 1. The first kappa shape index (κ1) is 13.0. The third-order valence-corrected chi connectivity index (χ3v) is 4.95. The van der Waals surface area contributed by atoms with Gasteiger partial charge in [-0.1, -0.05) is 0 Å². The van der Waals surface area contributed by atoms with Crippen molar-refractivity contribution in [3.63, 3.8) is 0 Å². The number of phenolic OH excluding ortho intramolecular Hbond substituents is 1. The zero-order valence-electron chi connectivity index (χ0n) is 10.5. The molecule has 2 saturated heterocycles. The molecule has 0 radical (unpaired) electrons. The van der Waals surface area contributed by atoms with Crippen molar-refractivity contribution in [3.8, 4) is 5.75 Å². The van der Waals surface area contributed by atoms with Gasteiger partial charge in [-0.15, -0.1) is 0 Å². The van der Waals surface area contributed by atoms with Crippen LogP contribution in [0.5, 0.6) is 5.75 Å². The molecule has 0 aliphatic carbocycles. The van der Waals surface area contributed by atoms with E-state index in [0.29, 0.717) is 18.7 Å². The van der Waals surface area contributed by atoms with Crippen molar-refractivity contribution < 1.29 is 23.1 Å². The highest BCUT2D eigenvalue weighted by Crippen LogP contribution is 2.30. The molecule has 2 fully saturated rings. The number of β-lactam (4-membered cyclic amide) rings is 1. The van der Waals surface area contributed by atoms with Crippen molar-refractivity contribution >= 4 is 15.7 Å². The number of carbonyl (C=O) groups excluding carboxylic acids is 1. The maximum absolute atomic E-state index is 12.1. The predicted molar refractivity (Wildman–Crippen MR) is 69.4 cm³/mol. The van der Waals surface area contributed by atoms with Crippen molar-refractivity contribution in [1.82, 2.24) is 4.90 Å². The van der Waals surface area contributed by atoms with Gasteiger partial charge in [0.1, 0.15) is 11.5 Å². The molecule has 1 amide bonds. The van der Waals surface area contributed by atoms with Gasteiger partial charge in [0, 0.05) is 0 Å². The second kappa shape index (κ2) is 4.52. The molecule has 2 aliphatic rings. The first-order chi connectivity index (χ1) is 9.45. The number of amides is 1. The minimum Gasteiger partial charge on any atom is -0.508 e. The minimum absolute atomic E-state index is 0.0179. The lowest BCUT2D eigenvalue weighted by Crippen LogP contribution is -2.48. The molecule has 1 aromatic rings. The van der Waals surface area contributed by atoms with Gasteiger partial charge in [-0.2, -0.15) is 0 Å². The lowest BCUT2D eigenvalue weighted by molar-refractivity contribution is -0.154. The molecule has 0 bridgehead atoms. The van der Waals surface area contributed by atoms with Gasteiger partial charge in [0.15, 0.2) is 16.1 Å².